The summed E-state index contributed by atoms with van der Waals surface area (Å²) in [6.45, 7) is 10.9. The fraction of sp³-hybridized carbons (Fsp3) is 0.661. The monoisotopic (exact) mass is 1050 g/mol. The highest BCUT2D eigenvalue weighted by Crippen LogP contribution is 2.39. The smallest absolute Gasteiger partial charge is 0.298 e. The third-order valence-corrected chi connectivity index (χ3v) is 13.1. The lowest BCUT2D eigenvalue weighted by Gasteiger charge is -2.17. The van der Waals surface area contributed by atoms with E-state index >= 15 is 0 Å². The molecule has 3 aromatic carbocycles. The maximum atomic E-state index is 13.1. The molecule has 0 spiro atoms. The lowest BCUT2D eigenvalue weighted by Crippen LogP contribution is -2.15. The highest BCUT2D eigenvalue weighted by molar-refractivity contribution is 7.94. The van der Waals surface area contributed by atoms with Gasteiger partial charge in [0, 0.05) is 43.2 Å². The van der Waals surface area contributed by atoms with Gasteiger partial charge in [-0.2, -0.15) is 8.42 Å². The maximum Gasteiger partial charge on any atom is 0.298 e. The lowest BCUT2D eigenvalue weighted by molar-refractivity contribution is -0.432. The third-order valence-electron chi connectivity index (χ3n) is 11.6. The first-order valence-corrected chi connectivity index (χ1v) is 28.3. The van der Waals surface area contributed by atoms with E-state index < -0.39 is 10.1 Å². The van der Waals surface area contributed by atoms with Gasteiger partial charge in [-0.3, -0.25) is 9.35 Å². The Morgan fingerprint density at radius 1 is 0.556 bits per heavy atom. The van der Waals surface area contributed by atoms with E-state index in [4.69, 9.17) is 28.9 Å². The second-order valence-electron chi connectivity index (χ2n) is 17.6. The summed E-state index contributed by atoms with van der Waals surface area (Å²) in [5.41, 5.74) is 3.02. The highest BCUT2D eigenvalue weighted by atomic mass is 32.2. The van der Waals surface area contributed by atoms with E-state index in [9.17, 15) is 17.8 Å². The van der Waals surface area contributed by atoms with Crippen LogP contribution in [-0.4, -0.2) is 64.7 Å². The standard InChI is InChI=1S/C30H54O8S2.C24H34N2O4.2CH4/c1-3-5-7-9-11-13-15-17-19-21-23-35-27-26-30(40(32,33)34)28(25-29(27)39-38-37-31)36-24-22-20-18-16-14-12-10-8-6-4-2;1-5-7-13-29-22-16-21(23(30-14-8-6-2)15-18(22)17-28-4)24(27)26-20-11-9-19(25-3)10-12-20;;/h25-26,31H,3-24H2,1-2H3,(H,32,33,34);9-12,15-16,25H,5-8,13-14,17H2,1-4H3,(H,26,27);2*1H4. The first-order chi connectivity index (χ1) is 34.1. The average molecular weight is 1050 g/mol. The quantitative estimate of drug-likeness (QED) is 0.0139. The normalized spacial score (nSPS) is 10.9. The Hall–Kier alpha value is -3.77. The van der Waals surface area contributed by atoms with Gasteiger partial charge in [-0.05, 0) is 62.1 Å². The number of benzene rings is 3. The van der Waals surface area contributed by atoms with Crippen LogP contribution in [-0.2, 0) is 30.8 Å². The van der Waals surface area contributed by atoms with Gasteiger partial charge in [0.25, 0.3) is 16.0 Å². The molecule has 0 saturated heterocycles. The first kappa shape index (κ1) is 68.2. The maximum absolute atomic E-state index is 13.1. The highest BCUT2D eigenvalue weighted by Gasteiger charge is 2.23. The van der Waals surface area contributed by atoms with Gasteiger partial charge in [-0.1, -0.05) is 176 Å². The number of hydrogen-bond acceptors (Lipinski definition) is 13. The molecule has 0 unspecified atom stereocenters. The summed E-state index contributed by atoms with van der Waals surface area (Å²) in [5, 5.41) is 18.4. The minimum absolute atomic E-state index is 0. The van der Waals surface area contributed by atoms with Crippen molar-refractivity contribution in [1.82, 2.24) is 0 Å². The molecule has 0 aliphatic rings. The van der Waals surface area contributed by atoms with Crippen LogP contribution in [0.15, 0.2) is 58.3 Å². The van der Waals surface area contributed by atoms with Gasteiger partial charge in [-0.15, -0.1) is 4.33 Å². The Balaban J connectivity index is 0.00000141. The molecule has 3 rings (SSSR count). The van der Waals surface area contributed by atoms with Crippen molar-refractivity contribution in [2.45, 2.75) is 213 Å². The zero-order valence-electron chi connectivity index (χ0n) is 43.4. The number of anilines is 2. The van der Waals surface area contributed by atoms with Crippen molar-refractivity contribution >= 4 is 39.4 Å². The molecule has 14 nitrogen and oxygen atoms in total. The molecule has 0 aliphatic carbocycles. The Bertz CT molecular complexity index is 1920. The second-order valence-corrected chi connectivity index (χ2v) is 19.7. The number of methoxy groups -OCH3 is 1. The summed E-state index contributed by atoms with van der Waals surface area (Å²) in [5.74, 6) is 1.18. The topological polar surface area (TPSA) is 180 Å². The molecule has 0 aliphatic heterocycles. The number of unbranched alkanes of at least 4 members (excludes halogenated alkanes) is 20. The fourth-order valence-electron chi connectivity index (χ4n) is 7.48. The van der Waals surface area contributed by atoms with E-state index in [1.807, 2.05) is 37.4 Å². The van der Waals surface area contributed by atoms with Crippen LogP contribution in [0.25, 0.3) is 0 Å². The second kappa shape index (κ2) is 43.6. The summed E-state index contributed by atoms with van der Waals surface area (Å²) in [6, 6.07) is 13.8. The third kappa shape index (κ3) is 29.8. The number of rotatable bonds is 41. The molecule has 0 aromatic heterocycles. The molecule has 3 aromatic rings. The number of hydrogen-bond donors (Lipinski definition) is 4. The van der Waals surface area contributed by atoms with Gasteiger partial charge in [0.2, 0.25) is 0 Å². The number of amides is 1. The van der Waals surface area contributed by atoms with Gasteiger partial charge in [0.15, 0.2) is 0 Å². The molecule has 0 fully saturated rings. The SMILES string of the molecule is C.C.CCCCCCCCCCCCOc1cc(S(=O)(=O)O)c(OCCCCCCCCCCCC)cc1SOOO.CCCCOc1cc(C(=O)Nc2ccc(NC)cc2)c(OCCCC)cc1COC. The Labute approximate surface area is 440 Å². The molecule has 16 heteroatoms. The predicted molar refractivity (Wildman–Crippen MR) is 297 cm³/mol. The van der Waals surface area contributed by atoms with Crippen molar-refractivity contribution in [2.75, 3.05) is 51.2 Å². The van der Waals surface area contributed by atoms with Crippen LogP contribution in [0.4, 0.5) is 11.4 Å². The van der Waals surface area contributed by atoms with E-state index in [2.05, 4.69) is 47.7 Å². The molecule has 0 saturated carbocycles. The number of ether oxygens (including phenoxy) is 5. The van der Waals surface area contributed by atoms with Crippen LogP contribution in [0.2, 0.25) is 0 Å². The minimum atomic E-state index is -4.55. The van der Waals surface area contributed by atoms with Crippen LogP contribution >= 0.6 is 12.0 Å². The van der Waals surface area contributed by atoms with E-state index in [-0.39, 0.29) is 37.2 Å². The van der Waals surface area contributed by atoms with Gasteiger partial charge in [-0.25, -0.2) is 5.26 Å². The van der Waals surface area contributed by atoms with Crippen molar-refractivity contribution in [2.24, 2.45) is 0 Å². The molecule has 0 bridgehead atoms. The molecule has 0 atom stereocenters. The van der Waals surface area contributed by atoms with Gasteiger partial charge in [0.05, 0.1) is 55.5 Å². The van der Waals surface area contributed by atoms with Gasteiger partial charge >= 0.3 is 0 Å². The van der Waals surface area contributed by atoms with Crippen molar-refractivity contribution < 1.29 is 56.1 Å². The molecular formula is C56H96N2O12S2. The van der Waals surface area contributed by atoms with Crippen LogP contribution in [0.5, 0.6) is 23.0 Å². The lowest BCUT2D eigenvalue weighted by atomic mass is 10.1. The Kier molecular flexibility index (Phi) is 41.3. The molecule has 4 N–H and O–H groups in total. The fourth-order valence-corrected chi connectivity index (χ4v) is 8.57. The van der Waals surface area contributed by atoms with E-state index in [0.717, 1.165) is 75.5 Å². The Morgan fingerprint density at radius 3 is 1.44 bits per heavy atom. The molecular weight excluding hydrogens is 957 g/mol. The number of nitrogens with one attached hydrogen (secondary N) is 2. The zero-order valence-corrected chi connectivity index (χ0v) is 45.1. The summed E-state index contributed by atoms with van der Waals surface area (Å²) in [4.78, 5) is 13.1. The van der Waals surface area contributed by atoms with Crippen molar-refractivity contribution in [3.05, 3.63) is 59.7 Å². The predicted octanol–water partition coefficient (Wildman–Crippen LogP) is 16.7. The van der Waals surface area contributed by atoms with Gasteiger partial charge < -0.3 is 34.3 Å². The molecule has 0 heterocycles. The van der Waals surface area contributed by atoms with Gasteiger partial charge in [0.1, 0.15) is 27.9 Å². The summed E-state index contributed by atoms with van der Waals surface area (Å²) in [6.07, 6.45) is 27.6. The van der Waals surface area contributed by atoms with Crippen LogP contribution in [0.1, 0.15) is 213 Å². The average Bonchev–Trinajstić information content (AvgIpc) is 3.35. The molecule has 72 heavy (non-hydrogen) atoms. The van der Waals surface area contributed by atoms with Crippen LogP contribution in [0, 0.1) is 0 Å². The van der Waals surface area contributed by atoms with Crippen molar-refractivity contribution in [3.63, 3.8) is 0 Å². The summed E-state index contributed by atoms with van der Waals surface area (Å²) in [7, 11) is -1.05. The minimum Gasteiger partial charge on any atom is -0.493 e. The van der Waals surface area contributed by atoms with E-state index in [0.29, 0.717) is 72.7 Å². The van der Waals surface area contributed by atoms with Crippen LogP contribution in [0.3, 0.4) is 0 Å². The summed E-state index contributed by atoms with van der Waals surface area (Å²) < 4.78 is 67.5. The largest absolute Gasteiger partial charge is 0.493 e. The molecule has 0 radical (unpaired) electrons. The van der Waals surface area contributed by atoms with Crippen LogP contribution < -0.4 is 29.6 Å². The first-order valence-electron chi connectivity index (χ1n) is 26.1. The summed E-state index contributed by atoms with van der Waals surface area (Å²) >= 11 is 0.669. The number of carbonyl (C=O) groups is 1. The zero-order chi connectivity index (χ0) is 51.1. The molecule has 414 valence electrons. The Morgan fingerprint density at radius 2 is 0.986 bits per heavy atom. The van der Waals surface area contributed by atoms with E-state index in [1.165, 1.54) is 102 Å². The van der Waals surface area contributed by atoms with Crippen molar-refractivity contribution in [3.8, 4) is 23.0 Å². The number of carbonyl (C=O) groups excluding carboxylic acids is 1. The van der Waals surface area contributed by atoms with E-state index in [1.54, 1.807) is 13.2 Å². The van der Waals surface area contributed by atoms with Crippen molar-refractivity contribution in [1.29, 1.82) is 0 Å². The molecule has 1 amide bonds.